The van der Waals surface area contributed by atoms with Gasteiger partial charge in [-0.1, -0.05) is 13.8 Å². The Kier molecular flexibility index (Phi) is 4.00. The highest BCUT2D eigenvalue weighted by Crippen LogP contribution is 2.28. The van der Waals surface area contributed by atoms with Crippen LogP contribution in [0.3, 0.4) is 0 Å². The molecule has 1 aliphatic rings. The number of pyridine rings is 1. The first-order chi connectivity index (χ1) is 10.6. The molecule has 6 nitrogen and oxygen atoms in total. The van der Waals surface area contributed by atoms with Crippen LogP contribution >= 0.6 is 0 Å². The molecule has 2 aromatic heterocycles. The smallest absolute Gasteiger partial charge is 0.317 e. The van der Waals surface area contributed by atoms with Gasteiger partial charge in [-0.15, -0.1) is 0 Å². The van der Waals surface area contributed by atoms with Gasteiger partial charge in [-0.05, 0) is 24.5 Å². The summed E-state index contributed by atoms with van der Waals surface area (Å²) in [5, 5.41) is 2.98. The van der Waals surface area contributed by atoms with Gasteiger partial charge < -0.3 is 14.8 Å². The Morgan fingerprint density at radius 2 is 2.32 bits per heavy atom. The van der Waals surface area contributed by atoms with Gasteiger partial charge in [0.1, 0.15) is 11.3 Å². The van der Waals surface area contributed by atoms with Crippen molar-refractivity contribution < 1.29 is 4.79 Å². The van der Waals surface area contributed by atoms with Crippen molar-refractivity contribution in [2.45, 2.75) is 26.2 Å². The molecule has 6 heteroatoms. The number of imidazole rings is 1. The fourth-order valence-electron chi connectivity index (χ4n) is 2.96. The van der Waals surface area contributed by atoms with Crippen molar-refractivity contribution in [2.75, 3.05) is 19.6 Å². The van der Waals surface area contributed by atoms with Gasteiger partial charge in [0.25, 0.3) is 0 Å². The lowest BCUT2D eigenvalue weighted by molar-refractivity contribution is 0.207. The number of likely N-dealkylation sites (tertiary alicyclic amines) is 1. The zero-order chi connectivity index (χ0) is 15.7. The third kappa shape index (κ3) is 2.77. The largest absolute Gasteiger partial charge is 0.338 e. The molecule has 1 aliphatic heterocycles. The lowest BCUT2D eigenvalue weighted by atomic mass is 10.1. The average molecular weight is 301 g/mol. The summed E-state index contributed by atoms with van der Waals surface area (Å²) < 4.78 is 2.05. The Balaban J connectivity index is 1.71. The number of nitrogens with zero attached hydrogens (tertiary/aromatic N) is 4. The Bertz CT molecular complexity index is 678. The number of aryl methyl sites for hydroxylation is 1. The topological polar surface area (TPSA) is 63.1 Å². The first-order valence-corrected chi connectivity index (χ1v) is 7.86. The highest BCUT2D eigenvalue weighted by molar-refractivity contribution is 5.75. The summed E-state index contributed by atoms with van der Waals surface area (Å²) >= 11 is 0. The number of hydrogen-bond acceptors (Lipinski definition) is 3. The normalized spacial score (nSPS) is 18.4. The zero-order valence-electron chi connectivity index (χ0n) is 13.4. The van der Waals surface area contributed by atoms with Crippen molar-refractivity contribution in [2.24, 2.45) is 13.0 Å². The fraction of sp³-hybridized carbons (Fsp3) is 0.562. The first kappa shape index (κ1) is 14.8. The molecular formula is C16H23N5O. The van der Waals surface area contributed by atoms with Crippen LogP contribution in [0.5, 0.6) is 0 Å². The quantitative estimate of drug-likeness (QED) is 0.944. The monoisotopic (exact) mass is 301 g/mol. The second kappa shape index (κ2) is 5.94. The molecule has 1 unspecified atom stereocenters. The number of hydrogen-bond donors (Lipinski definition) is 1. The van der Waals surface area contributed by atoms with Crippen LogP contribution in [0.1, 0.15) is 32.0 Å². The predicted octanol–water partition coefficient (Wildman–Crippen LogP) is 2.12. The number of rotatable bonds is 3. The van der Waals surface area contributed by atoms with Crippen molar-refractivity contribution in [3.05, 3.63) is 24.2 Å². The van der Waals surface area contributed by atoms with Gasteiger partial charge in [-0.25, -0.2) is 14.8 Å². The number of fused-ring (bicyclic) bond motifs is 1. The second-order valence-electron chi connectivity index (χ2n) is 6.39. The van der Waals surface area contributed by atoms with Crippen LogP contribution in [-0.2, 0) is 7.05 Å². The van der Waals surface area contributed by atoms with Gasteiger partial charge in [0.2, 0.25) is 0 Å². The SMILES string of the molecule is CC(C)CNC(=O)N1CCC(c2nc3cccnc3n2C)C1. The summed E-state index contributed by atoms with van der Waals surface area (Å²) in [5.41, 5.74) is 1.82. The Morgan fingerprint density at radius 1 is 1.50 bits per heavy atom. The molecule has 2 amide bonds. The van der Waals surface area contributed by atoms with Crippen molar-refractivity contribution in [1.29, 1.82) is 0 Å². The third-order valence-corrected chi connectivity index (χ3v) is 4.16. The number of carbonyl (C=O) groups is 1. The molecular weight excluding hydrogens is 278 g/mol. The summed E-state index contributed by atoms with van der Waals surface area (Å²) in [6.45, 7) is 6.42. The Hall–Kier alpha value is -2.11. The van der Waals surface area contributed by atoms with E-state index >= 15 is 0 Å². The van der Waals surface area contributed by atoms with Crippen LogP contribution < -0.4 is 5.32 Å². The highest BCUT2D eigenvalue weighted by Gasteiger charge is 2.30. The molecule has 3 rings (SSSR count). The van der Waals surface area contributed by atoms with E-state index in [-0.39, 0.29) is 11.9 Å². The predicted molar refractivity (Wildman–Crippen MR) is 85.7 cm³/mol. The Morgan fingerprint density at radius 3 is 3.05 bits per heavy atom. The lowest BCUT2D eigenvalue weighted by Gasteiger charge is -2.18. The van der Waals surface area contributed by atoms with Crippen LogP contribution in [0, 0.1) is 5.92 Å². The molecule has 0 aromatic carbocycles. The lowest BCUT2D eigenvalue weighted by Crippen LogP contribution is -2.39. The molecule has 0 aliphatic carbocycles. The van der Waals surface area contributed by atoms with Gasteiger partial charge in [0.15, 0.2) is 5.65 Å². The Labute approximate surface area is 130 Å². The molecule has 22 heavy (non-hydrogen) atoms. The first-order valence-electron chi connectivity index (χ1n) is 7.86. The van der Waals surface area contributed by atoms with Crippen molar-refractivity contribution in [3.8, 4) is 0 Å². The molecule has 118 valence electrons. The summed E-state index contributed by atoms with van der Waals surface area (Å²) in [6.07, 6.45) is 2.74. The van der Waals surface area contributed by atoms with Crippen molar-refractivity contribution in [3.63, 3.8) is 0 Å². The standard InChI is InChI=1S/C16H23N5O/c1-11(2)9-18-16(22)21-8-6-12(10-21)14-19-13-5-4-7-17-15(13)20(14)3/h4-5,7,11-12H,6,8-10H2,1-3H3,(H,18,22). The maximum Gasteiger partial charge on any atom is 0.317 e. The molecule has 0 saturated carbocycles. The summed E-state index contributed by atoms with van der Waals surface area (Å²) in [5.74, 6) is 1.77. The van der Waals surface area contributed by atoms with Crippen LogP contribution in [0.15, 0.2) is 18.3 Å². The molecule has 1 saturated heterocycles. The fourth-order valence-corrected chi connectivity index (χ4v) is 2.96. The van der Waals surface area contributed by atoms with Gasteiger partial charge in [0.05, 0.1) is 0 Å². The average Bonchev–Trinajstić information content (AvgIpc) is 3.10. The van der Waals surface area contributed by atoms with Crippen LogP contribution in [-0.4, -0.2) is 45.1 Å². The van der Waals surface area contributed by atoms with Gasteiger partial charge in [0, 0.05) is 38.8 Å². The maximum absolute atomic E-state index is 12.2. The molecule has 1 fully saturated rings. The molecule has 1 atom stereocenters. The van der Waals surface area contributed by atoms with Crippen LogP contribution in [0.4, 0.5) is 4.79 Å². The minimum atomic E-state index is 0.0353. The number of carbonyl (C=O) groups excluding carboxylic acids is 1. The van der Waals surface area contributed by atoms with E-state index in [0.717, 1.165) is 43.0 Å². The minimum Gasteiger partial charge on any atom is -0.338 e. The maximum atomic E-state index is 12.2. The number of nitrogens with one attached hydrogen (secondary N) is 1. The van der Waals surface area contributed by atoms with E-state index in [9.17, 15) is 4.79 Å². The van der Waals surface area contributed by atoms with Gasteiger partial charge >= 0.3 is 6.03 Å². The van der Waals surface area contributed by atoms with E-state index in [2.05, 4.69) is 28.7 Å². The number of aromatic nitrogens is 3. The van der Waals surface area contributed by atoms with E-state index in [1.54, 1.807) is 6.20 Å². The van der Waals surface area contributed by atoms with Crippen LogP contribution in [0.2, 0.25) is 0 Å². The highest BCUT2D eigenvalue weighted by atomic mass is 16.2. The molecule has 3 heterocycles. The zero-order valence-corrected chi connectivity index (χ0v) is 13.4. The van der Waals surface area contributed by atoms with Gasteiger partial charge in [-0.3, -0.25) is 0 Å². The summed E-state index contributed by atoms with van der Waals surface area (Å²) in [6, 6.07) is 3.92. The summed E-state index contributed by atoms with van der Waals surface area (Å²) in [7, 11) is 2.00. The second-order valence-corrected chi connectivity index (χ2v) is 6.39. The number of amides is 2. The minimum absolute atomic E-state index is 0.0353. The number of urea groups is 1. The van der Waals surface area contributed by atoms with Gasteiger partial charge in [-0.2, -0.15) is 0 Å². The van der Waals surface area contributed by atoms with E-state index in [1.165, 1.54) is 0 Å². The molecule has 0 radical (unpaired) electrons. The van der Waals surface area contributed by atoms with Crippen molar-refractivity contribution in [1.82, 2.24) is 24.8 Å². The van der Waals surface area contributed by atoms with E-state index in [1.807, 2.05) is 24.1 Å². The summed E-state index contributed by atoms with van der Waals surface area (Å²) in [4.78, 5) is 23.1. The molecule has 0 bridgehead atoms. The van der Waals surface area contributed by atoms with Crippen molar-refractivity contribution >= 4 is 17.2 Å². The third-order valence-electron chi connectivity index (χ3n) is 4.16. The molecule has 1 N–H and O–H groups in total. The van der Waals surface area contributed by atoms with E-state index in [0.29, 0.717) is 5.92 Å². The molecule has 2 aromatic rings. The van der Waals surface area contributed by atoms with Crippen LogP contribution in [0.25, 0.3) is 11.2 Å². The van der Waals surface area contributed by atoms with E-state index in [4.69, 9.17) is 4.98 Å². The van der Waals surface area contributed by atoms with E-state index < -0.39 is 0 Å². The molecule has 0 spiro atoms.